The minimum absolute atomic E-state index is 0.704. The number of hydrogen-bond acceptors (Lipinski definition) is 3. The molecule has 2 N–H and O–H groups in total. The highest BCUT2D eigenvalue weighted by atomic mass is 32.1. The minimum Gasteiger partial charge on any atom is -0.356 e. The van der Waals surface area contributed by atoms with Crippen molar-refractivity contribution in [2.45, 2.75) is 19.4 Å². The van der Waals surface area contributed by atoms with Gasteiger partial charge in [-0.05, 0) is 53.3 Å². The molecular weight excluding hydrogens is 328 g/mol. The van der Waals surface area contributed by atoms with E-state index in [1.54, 1.807) is 11.3 Å². The summed E-state index contributed by atoms with van der Waals surface area (Å²) < 4.78 is 0. The number of nitrogens with one attached hydrogen (secondary N) is 2. The molecule has 1 aliphatic heterocycles. The molecular formula is C20H28N4S. The molecule has 1 aromatic heterocycles. The number of nitrogens with zero attached hydrogens (tertiary/aromatic N) is 2. The highest BCUT2D eigenvalue weighted by Gasteiger charge is 2.22. The summed E-state index contributed by atoms with van der Waals surface area (Å²) in [5.74, 6) is 1.60. The van der Waals surface area contributed by atoms with Gasteiger partial charge in [0.2, 0.25) is 0 Å². The predicted molar refractivity (Wildman–Crippen MR) is 107 cm³/mol. The van der Waals surface area contributed by atoms with E-state index >= 15 is 0 Å². The van der Waals surface area contributed by atoms with E-state index in [1.807, 2.05) is 7.05 Å². The van der Waals surface area contributed by atoms with E-state index < -0.39 is 0 Å². The topological polar surface area (TPSA) is 39.7 Å². The van der Waals surface area contributed by atoms with Crippen molar-refractivity contribution in [3.8, 4) is 0 Å². The molecule has 2 aromatic rings. The molecule has 0 radical (unpaired) electrons. The fourth-order valence-corrected chi connectivity index (χ4v) is 3.92. The van der Waals surface area contributed by atoms with E-state index in [9.17, 15) is 0 Å². The van der Waals surface area contributed by atoms with Crippen molar-refractivity contribution < 1.29 is 0 Å². The third-order valence-electron chi connectivity index (χ3n) is 4.75. The number of guanidine groups is 1. The van der Waals surface area contributed by atoms with E-state index in [2.05, 4.69) is 67.7 Å². The monoisotopic (exact) mass is 356 g/mol. The third kappa shape index (κ3) is 5.87. The second-order valence-corrected chi connectivity index (χ2v) is 7.41. The summed E-state index contributed by atoms with van der Waals surface area (Å²) in [7, 11) is 1.84. The van der Waals surface area contributed by atoms with Crippen molar-refractivity contribution in [1.29, 1.82) is 0 Å². The Bertz CT molecular complexity index is 639. The first-order valence-corrected chi connectivity index (χ1v) is 9.99. The van der Waals surface area contributed by atoms with Gasteiger partial charge in [-0.1, -0.05) is 30.3 Å². The number of thiophene rings is 1. The van der Waals surface area contributed by atoms with Crippen LogP contribution in [0.15, 0.2) is 52.2 Å². The summed E-state index contributed by atoms with van der Waals surface area (Å²) >= 11 is 1.73. The Balaban J connectivity index is 1.34. The molecule has 1 aromatic carbocycles. The SMILES string of the molecule is CN=C(NCc1ccsc1)NCC1CCN(CCc2ccccc2)C1. The van der Waals surface area contributed by atoms with Crippen LogP contribution in [-0.4, -0.2) is 44.1 Å². The molecule has 1 atom stereocenters. The smallest absolute Gasteiger partial charge is 0.191 e. The Morgan fingerprint density at radius 1 is 1.20 bits per heavy atom. The molecule has 0 spiro atoms. The zero-order valence-corrected chi connectivity index (χ0v) is 15.8. The molecule has 1 aliphatic rings. The van der Waals surface area contributed by atoms with Gasteiger partial charge in [-0.2, -0.15) is 11.3 Å². The van der Waals surface area contributed by atoms with Gasteiger partial charge in [0.05, 0.1) is 0 Å². The summed E-state index contributed by atoms with van der Waals surface area (Å²) in [6, 6.07) is 12.9. The van der Waals surface area contributed by atoms with Crippen LogP contribution in [0.1, 0.15) is 17.5 Å². The summed E-state index contributed by atoms with van der Waals surface area (Å²) in [5, 5.41) is 11.1. The maximum Gasteiger partial charge on any atom is 0.191 e. The lowest BCUT2D eigenvalue weighted by Crippen LogP contribution is -2.39. The van der Waals surface area contributed by atoms with Crippen molar-refractivity contribution in [2.75, 3.05) is 33.2 Å². The Labute approximate surface area is 155 Å². The Morgan fingerprint density at radius 2 is 2.08 bits per heavy atom. The molecule has 0 saturated carbocycles. The zero-order chi connectivity index (χ0) is 17.3. The van der Waals surface area contributed by atoms with Crippen LogP contribution in [0.2, 0.25) is 0 Å². The predicted octanol–water partition coefficient (Wildman–Crippen LogP) is 2.98. The van der Waals surface area contributed by atoms with Gasteiger partial charge in [-0.3, -0.25) is 4.99 Å². The van der Waals surface area contributed by atoms with Crippen LogP contribution in [0.25, 0.3) is 0 Å². The Morgan fingerprint density at radius 3 is 2.84 bits per heavy atom. The number of rotatable bonds is 7. The normalized spacial score (nSPS) is 18.4. The first kappa shape index (κ1) is 18.0. The fraction of sp³-hybridized carbons (Fsp3) is 0.450. The summed E-state index contributed by atoms with van der Waals surface area (Å²) in [6.45, 7) is 5.37. The molecule has 5 heteroatoms. The maximum absolute atomic E-state index is 4.33. The average molecular weight is 357 g/mol. The molecule has 1 unspecified atom stereocenters. The van der Waals surface area contributed by atoms with Crippen LogP contribution in [-0.2, 0) is 13.0 Å². The highest BCUT2D eigenvalue weighted by Crippen LogP contribution is 2.16. The van der Waals surface area contributed by atoms with Gasteiger partial charge in [-0.25, -0.2) is 0 Å². The van der Waals surface area contributed by atoms with Crippen molar-refractivity contribution in [3.63, 3.8) is 0 Å². The van der Waals surface area contributed by atoms with Crippen molar-refractivity contribution in [2.24, 2.45) is 10.9 Å². The molecule has 1 fully saturated rings. The first-order chi connectivity index (χ1) is 12.3. The first-order valence-electron chi connectivity index (χ1n) is 9.05. The average Bonchev–Trinajstić information content (AvgIpc) is 3.33. The van der Waals surface area contributed by atoms with Crippen LogP contribution in [0.5, 0.6) is 0 Å². The second kappa shape index (κ2) is 9.59. The maximum atomic E-state index is 4.33. The van der Waals surface area contributed by atoms with Gasteiger partial charge in [0, 0.05) is 33.2 Å². The molecule has 134 valence electrons. The molecule has 3 rings (SSSR count). The van der Waals surface area contributed by atoms with E-state index in [4.69, 9.17) is 0 Å². The second-order valence-electron chi connectivity index (χ2n) is 6.63. The van der Waals surface area contributed by atoms with Gasteiger partial charge < -0.3 is 15.5 Å². The lowest BCUT2D eigenvalue weighted by Gasteiger charge is -2.17. The number of benzene rings is 1. The van der Waals surface area contributed by atoms with Crippen LogP contribution in [0.4, 0.5) is 0 Å². The molecule has 4 nitrogen and oxygen atoms in total. The molecule has 2 heterocycles. The molecule has 25 heavy (non-hydrogen) atoms. The largest absolute Gasteiger partial charge is 0.356 e. The van der Waals surface area contributed by atoms with E-state index in [-0.39, 0.29) is 0 Å². The number of aliphatic imine (C=N–C) groups is 1. The summed E-state index contributed by atoms with van der Waals surface area (Å²) in [6.07, 6.45) is 2.41. The quantitative estimate of drug-likeness (QED) is 0.592. The third-order valence-corrected chi connectivity index (χ3v) is 5.48. The van der Waals surface area contributed by atoms with Crippen molar-refractivity contribution in [3.05, 3.63) is 58.3 Å². The zero-order valence-electron chi connectivity index (χ0n) is 14.9. The van der Waals surface area contributed by atoms with E-state index in [0.29, 0.717) is 5.92 Å². The lowest BCUT2D eigenvalue weighted by atomic mass is 10.1. The van der Waals surface area contributed by atoms with Gasteiger partial charge in [-0.15, -0.1) is 0 Å². The van der Waals surface area contributed by atoms with E-state index in [1.165, 1.54) is 30.6 Å². The Hall–Kier alpha value is -1.85. The molecule has 0 amide bonds. The minimum atomic E-state index is 0.704. The molecule has 0 aliphatic carbocycles. The summed E-state index contributed by atoms with van der Waals surface area (Å²) in [5.41, 5.74) is 2.74. The molecule has 0 bridgehead atoms. The number of likely N-dealkylation sites (tertiary alicyclic amines) is 1. The summed E-state index contributed by atoms with van der Waals surface area (Å²) in [4.78, 5) is 6.91. The van der Waals surface area contributed by atoms with E-state index in [0.717, 1.165) is 32.0 Å². The van der Waals surface area contributed by atoms with Gasteiger partial charge in [0.25, 0.3) is 0 Å². The van der Waals surface area contributed by atoms with Crippen LogP contribution in [0.3, 0.4) is 0 Å². The fourth-order valence-electron chi connectivity index (χ4n) is 3.26. The van der Waals surface area contributed by atoms with Crippen molar-refractivity contribution >= 4 is 17.3 Å². The van der Waals surface area contributed by atoms with Crippen LogP contribution >= 0.6 is 11.3 Å². The standard InChI is InChI=1S/C20H28N4S/c1-21-20(23-14-19-9-12-25-16-19)22-13-18-8-11-24(15-18)10-7-17-5-3-2-4-6-17/h2-6,9,12,16,18H,7-8,10-11,13-15H2,1H3,(H2,21,22,23). The highest BCUT2D eigenvalue weighted by molar-refractivity contribution is 7.07. The lowest BCUT2D eigenvalue weighted by molar-refractivity contribution is 0.328. The number of hydrogen-bond donors (Lipinski definition) is 2. The van der Waals surface area contributed by atoms with Gasteiger partial charge >= 0.3 is 0 Å². The van der Waals surface area contributed by atoms with Crippen molar-refractivity contribution in [1.82, 2.24) is 15.5 Å². The molecule has 1 saturated heterocycles. The van der Waals surface area contributed by atoms with Crippen LogP contribution in [0, 0.1) is 5.92 Å². The van der Waals surface area contributed by atoms with Gasteiger partial charge in [0.15, 0.2) is 5.96 Å². The van der Waals surface area contributed by atoms with Gasteiger partial charge in [0.1, 0.15) is 0 Å². The Kier molecular flexibility index (Phi) is 6.89. The van der Waals surface area contributed by atoms with Crippen LogP contribution < -0.4 is 10.6 Å².